The normalized spacial score (nSPS) is 23.1. The van der Waals surface area contributed by atoms with Crippen LogP contribution in [0.1, 0.15) is 34.1 Å². The van der Waals surface area contributed by atoms with E-state index >= 15 is 0 Å². The number of amides is 2. The number of carbonyl (C=O) groups excluding carboxylic acids is 3. The van der Waals surface area contributed by atoms with Crippen molar-refractivity contribution in [3.63, 3.8) is 0 Å². The highest BCUT2D eigenvalue weighted by atomic mass is 16.2. The molecule has 96 valence electrons. The van der Waals surface area contributed by atoms with Gasteiger partial charge in [-0.25, -0.2) is 0 Å². The third kappa shape index (κ3) is 2.54. The van der Waals surface area contributed by atoms with E-state index in [1.165, 1.54) is 6.92 Å². The van der Waals surface area contributed by atoms with Crippen LogP contribution < -0.4 is 5.73 Å². The number of rotatable bonds is 3. The molecule has 1 saturated heterocycles. The van der Waals surface area contributed by atoms with Gasteiger partial charge in [-0.2, -0.15) is 0 Å². The summed E-state index contributed by atoms with van der Waals surface area (Å²) < 4.78 is 0. The molecule has 0 radical (unpaired) electrons. The molecule has 17 heavy (non-hydrogen) atoms. The lowest BCUT2D eigenvalue weighted by Crippen LogP contribution is -2.49. The molecular weight excluding hydrogens is 220 g/mol. The van der Waals surface area contributed by atoms with Crippen LogP contribution >= 0.6 is 0 Å². The fourth-order valence-electron chi connectivity index (χ4n) is 2.11. The molecule has 1 aliphatic heterocycles. The van der Waals surface area contributed by atoms with Crippen LogP contribution in [-0.2, 0) is 14.4 Å². The van der Waals surface area contributed by atoms with E-state index in [0.29, 0.717) is 0 Å². The fraction of sp³-hybridized carbons (Fsp3) is 0.750. The maximum absolute atomic E-state index is 12.2. The molecular formula is C12H20N2O3. The molecule has 2 atom stereocenters. The van der Waals surface area contributed by atoms with Crippen LogP contribution in [0.3, 0.4) is 0 Å². The van der Waals surface area contributed by atoms with Gasteiger partial charge >= 0.3 is 0 Å². The Morgan fingerprint density at radius 3 is 2.29 bits per heavy atom. The van der Waals surface area contributed by atoms with Gasteiger partial charge in [-0.05, 0) is 12.3 Å². The minimum Gasteiger partial charge on any atom is -0.328 e. The summed E-state index contributed by atoms with van der Waals surface area (Å²) in [4.78, 5) is 36.4. The van der Waals surface area contributed by atoms with Gasteiger partial charge in [0.15, 0.2) is 5.78 Å². The number of hydrogen-bond donors (Lipinski definition) is 1. The van der Waals surface area contributed by atoms with Crippen LogP contribution in [-0.4, -0.2) is 35.1 Å². The number of nitrogens with zero attached hydrogens (tertiary/aromatic N) is 1. The number of nitrogens with two attached hydrogens (primary N) is 1. The van der Waals surface area contributed by atoms with E-state index in [9.17, 15) is 14.4 Å². The summed E-state index contributed by atoms with van der Waals surface area (Å²) in [7, 11) is 0. The van der Waals surface area contributed by atoms with Gasteiger partial charge < -0.3 is 5.73 Å². The van der Waals surface area contributed by atoms with Gasteiger partial charge in [-0.15, -0.1) is 0 Å². The second-order valence-corrected chi connectivity index (χ2v) is 5.59. The van der Waals surface area contributed by atoms with Crippen LogP contribution in [0.15, 0.2) is 0 Å². The van der Waals surface area contributed by atoms with Crippen LogP contribution in [0.25, 0.3) is 0 Å². The molecule has 2 N–H and O–H groups in total. The SMILES string of the molecule is CC(=O)[C@H](CN)N1C(=O)CC(C(C)(C)C)C1=O. The van der Waals surface area contributed by atoms with Crippen molar-refractivity contribution in [3.8, 4) is 0 Å². The zero-order valence-corrected chi connectivity index (χ0v) is 10.8. The van der Waals surface area contributed by atoms with Crippen molar-refractivity contribution in [3.05, 3.63) is 0 Å². The smallest absolute Gasteiger partial charge is 0.234 e. The standard InChI is InChI=1S/C12H20N2O3/c1-7(15)9(6-13)14-10(16)5-8(11(14)17)12(2,3)4/h8-9H,5-6,13H2,1-4H3/t8?,9-/m0/s1. The first-order valence-electron chi connectivity index (χ1n) is 5.76. The van der Waals surface area contributed by atoms with Gasteiger partial charge in [0.25, 0.3) is 0 Å². The molecule has 5 nitrogen and oxygen atoms in total. The van der Waals surface area contributed by atoms with E-state index in [-0.39, 0.29) is 41.9 Å². The average molecular weight is 240 g/mol. The number of carbonyl (C=O) groups is 3. The second-order valence-electron chi connectivity index (χ2n) is 5.59. The Morgan fingerprint density at radius 1 is 1.47 bits per heavy atom. The molecule has 0 saturated carbocycles. The third-order valence-corrected chi connectivity index (χ3v) is 3.23. The summed E-state index contributed by atoms with van der Waals surface area (Å²) in [6, 6.07) is -0.803. The lowest BCUT2D eigenvalue weighted by molar-refractivity contribution is -0.146. The molecule has 0 aromatic carbocycles. The third-order valence-electron chi connectivity index (χ3n) is 3.23. The number of Topliss-reactive ketones (excluding diaryl/α,β-unsaturated/α-hetero) is 1. The molecule has 0 aromatic rings. The first-order chi connectivity index (χ1) is 7.70. The molecule has 0 aliphatic carbocycles. The predicted molar refractivity (Wildman–Crippen MR) is 62.9 cm³/mol. The van der Waals surface area contributed by atoms with E-state index in [1.54, 1.807) is 0 Å². The maximum atomic E-state index is 12.2. The van der Waals surface area contributed by atoms with Crippen molar-refractivity contribution in [2.24, 2.45) is 17.1 Å². The minimum absolute atomic E-state index is 0.0102. The topological polar surface area (TPSA) is 80.5 Å². The zero-order valence-electron chi connectivity index (χ0n) is 10.8. The highest BCUT2D eigenvalue weighted by molar-refractivity contribution is 6.07. The highest BCUT2D eigenvalue weighted by Gasteiger charge is 2.47. The minimum atomic E-state index is -0.803. The molecule has 0 spiro atoms. The molecule has 0 aromatic heterocycles. The Morgan fingerprint density at radius 2 is 2.00 bits per heavy atom. The Labute approximate surface area is 101 Å². The zero-order chi connectivity index (χ0) is 13.4. The number of imide groups is 1. The fourth-order valence-corrected chi connectivity index (χ4v) is 2.11. The van der Waals surface area contributed by atoms with Crippen LogP contribution in [0, 0.1) is 11.3 Å². The van der Waals surface area contributed by atoms with Gasteiger partial charge in [0.05, 0.1) is 5.92 Å². The van der Waals surface area contributed by atoms with Crippen molar-refractivity contribution in [2.75, 3.05) is 6.54 Å². The van der Waals surface area contributed by atoms with Crippen molar-refractivity contribution in [2.45, 2.75) is 40.2 Å². The average Bonchev–Trinajstić information content (AvgIpc) is 2.45. The molecule has 1 rings (SSSR count). The first-order valence-corrected chi connectivity index (χ1v) is 5.76. The molecule has 1 aliphatic rings. The van der Waals surface area contributed by atoms with Gasteiger partial charge in [-0.3, -0.25) is 19.3 Å². The Hall–Kier alpha value is -1.23. The summed E-state index contributed by atoms with van der Waals surface area (Å²) in [5, 5.41) is 0. The van der Waals surface area contributed by atoms with E-state index in [4.69, 9.17) is 5.73 Å². The van der Waals surface area contributed by atoms with Gasteiger partial charge in [-0.1, -0.05) is 20.8 Å². The Bertz CT molecular complexity index is 357. The van der Waals surface area contributed by atoms with E-state index in [1.807, 2.05) is 20.8 Å². The predicted octanol–water partition coefficient (Wildman–Crippen LogP) is 0.324. The summed E-state index contributed by atoms with van der Waals surface area (Å²) >= 11 is 0. The van der Waals surface area contributed by atoms with E-state index in [0.717, 1.165) is 4.90 Å². The molecule has 5 heteroatoms. The maximum Gasteiger partial charge on any atom is 0.234 e. The lowest BCUT2D eigenvalue weighted by Gasteiger charge is -2.27. The lowest BCUT2D eigenvalue weighted by atomic mass is 9.80. The molecule has 1 fully saturated rings. The van der Waals surface area contributed by atoms with Crippen LogP contribution in [0.5, 0.6) is 0 Å². The van der Waals surface area contributed by atoms with Crippen molar-refractivity contribution >= 4 is 17.6 Å². The number of ketones is 1. The van der Waals surface area contributed by atoms with Crippen molar-refractivity contribution in [1.29, 1.82) is 0 Å². The highest BCUT2D eigenvalue weighted by Crippen LogP contribution is 2.36. The number of likely N-dealkylation sites (tertiary alicyclic amines) is 1. The monoisotopic (exact) mass is 240 g/mol. The largest absolute Gasteiger partial charge is 0.328 e. The molecule has 2 amide bonds. The molecule has 1 heterocycles. The Balaban J connectivity index is 3.01. The van der Waals surface area contributed by atoms with Crippen molar-refractivity contribution in [1.82, 2.24) is 4.90 Å². The summed E-state index contributed by atoms with van der Waals surface area (Å²) in [6.45, 7) is 7.08. The van der Waals surface area contributed by atoms with Gasteiger partial charge in [0.2, 0.25) is 11.8 Å². The Kier molecular flexibility index (Phi) is 3.71. The van der Waals surface area contributed by atoms with Gasteiger partial charge in [0.1, 0.15) is 6.04 Å². The summed E-state index contributed by atoms with van der Waals surface area (Å²) in [6.07, 6.45) is 0.173. The van der Waals surface area contributed by atoms with Crippen LogP contribution in [0.2, 0.25) is 0 Å². The van der Waals surface area contributed by atoms with E-state index < -0.39 is 6.04 Å². The van der Waals surface area contributed by atoms with Crippen molar-refractivity contribution < 1.29 is 14.4 Å². The second kappa shape index (κ2) is 4.56. The summed E-state index contributed by atoms with van der Waals surface area (Å²) in [5.41, 5.74) is 5.19. The van der Waals surface area contributed by atoms with Crippen LogP contribution in [0.4, 0.5) is 0 Å². The van der Waals surface area contributed by atoms with Gasteiger partial charge in [0, 0.05) is 13.0 Å². The molecule has 0 bridgehead atoms. The quantitative estimate of drug-likeness (QED) is 0.721. The van der Waals surface area contributed by atoms with E-state index in [2.05, 4.69) is 0 Å². The number of hydrogen-bond acceptors (Lipinski definition) is 4. The summed E-state index contributed by atoms with van der Waals surface area (Å²) in [5.74, 6) is -1.17. The molecule has 1 unspecified atom stereocenters. The first kappa shape index (κ1) is 13.8.